The monoisotopic (exact) mass is 283 g/mol. The van der Waals surface area contributed by atoms with Crippen LogP contribution in [0.4, 0.5) is 5.69 Å². The van der Waals surface area contributed by atoms with Crippen molar-refractivity contribution in [2.24, 2.45) is 0 Å². The molecule has 1 aliphatic carbocycles. The van der Waals surface area contributed by atoms with Crippen molar-refractivity contribution < 1.29 is 9.84 Å². The van der Waals surface area contributed by atoms with Crippen molar-refractivity contribution >= 4 is 5.69 Å². The molecule has 0 radical (unpaired) electrons. The Morgan fingerprint density at radius 1 is 1.19 bits per heavy atom. The van der Waals surface area contributed by atoms with Crippen molar-refractivity contribution in [2.45, 2.75) is 24.8 Å². The van der Waals surface area contributed by atoms with Crippen molar-refractivity contribution in [1.82, 2.24) is 0 Å². The fourth-order valence-corrected chi connectivity index (χ4v) is 3.23. The van der Waals surface area contributed by atoms with Crippen LogP contribution in [0, 0.1) is 0 Å². The van der Waals surface area contributed by atoms with Gasteiger partial charge < -0.3 is 15.2 Å². The van der Waals surface area contributed by atoms with Crippen LogP contribution in [0.15, 0.2) is 48.5 Å². The standard InChI is InChI=1S/C18H21NO2/c1-21-16-9-4-8-15(12-16)19-18(13-20)11-5-7-14-6-2-3-10-17(14)18/h2-4,6,8-10,12,19-20H,5,7,11,13H2,1H3. The number of hydrogen-bond donors (Lipinski definition) is 2. The molecule has 110 valence electrons. The Bertz CT molecular complexity index is 626. The summed E-state index contributed by atoms with van der Waals surface area (Å²) < 4.78 is 5.28. The average molecular weight is 283 g/mol. The molecule has 0 heterocycles. The molecule has 0 spiro atoms. The Morgan fingerprint density at radius 2 is 2.05 bits per heavy atom. The second kappa shape index (κ2) is 5.78. The van der Waals surface area contributed by atoms with Crippen LogP contribution in [0.3, 0.4) is 0 Å². The number of fused-ring (bicyclic) bond motifs is 1. The van der Waals surface area contributed by atoms with Gasteiger partial charge in [-0.3, -0.25) is 0 Å². The molecule has 0 aliphatic heterocycles. The van der Waals surface area contributed by atoms with Gasteiger partial charge in [-0.1, -0.05) is 30.3 Å². The summed E-state index contributed by atoms with van der Waals surface area (Å²) in [6, 6.07) is 16.3. The highest BCUT2D eigenvalue weighted by Gasteiger charge is 2.35. The number of benzene rings is 2. The summed E-state index contributed by atoms with van der Waals surface area (Å²) in [5, 5.41) is 13.6. The van der Waals surface area contributed by atoms with E-state index < -0.39 is 5.54 Å². The van der Waals surface area contributed by atoms with E-state index in [1.54, 1.807) is 7.11 Å². The molecule has 0 bridgehead atoms. The molecule has 2 aromatic carbocycles. The van der Waals surface area contributed by atoms with Gasteiger partial charge in [0.15, 0.2) is 0 Å². The number of methoxy groups -OCH3 is 1. The molecule has 3 nitrogen and oxygen atoms in total. The van der Waals surface area contributed by atoms with E-state index in [1.165, 1.54) is 11.1 Å². The van der Waals surface area contributed by atoms with Crippen LogP contribution in [0.1, 0.15) is 24.0 Å². The van der Waals surface area contributed by atoms with E-state index in [2.05, 4.69) is 23.5 Å². The summed E-state index contributed by atoms with van der Waals surface area (Å²) in [6.45, 7) is 0.0845. The van der Waals surface area contributed by atoms with Gasteiger partial charge in [-0.05, 0) is 42.5 Å². The lowest BCUT2D eigenvalue weighted by Gasteiger charge is -2.39. The van der Waals surface area contributed by atoms with Gasteiger partial charge in [0.05, 0.1) is 19.3 Å². The Labute approximate surface area is 125 Å². The highest BCUT2D eigenvalue weighted by atomic mass is 16.5. The molecule has 1 atom stereocenters. The Balaban J connectivity index is 1.98. The number of aliphatic hydroxyl groups is 1. The van der Waals surface area contributed by atoms with E-state index in [-0.39, 0.29) is 6.61 Å². The minimum atomic E-state index is -0.402. The smallest absolute Gasteiger partial charge is 0.120 e. The highest BCUT2D eigenvalue weighted by Crippen LogP contribution is 2.38. The van der Waals surface area contributed by atoms with Crippen LogP contribution < -0.4 is 10.1 Å². The number of aliphatic hydroxyl groups excluding tert-OH is 1. The van der Waals surface area contributed by atoms with Gasteiger partial charge in [0.1, 0.15) is 5.75 Å². The fraction of sp³-hybridized carbons (Fsp3) is 0.333. The molecular formula is C18H21NO2. The van der Waals surface area contributed by atoms with Crippen molar-refractivity contribution in [1.29, 1.82) is 0 Å². The van der Waals surface area contributed by atoms with Crippen molar-refractivity contribution in [2.75, 3.05) is 19.0 Å². The second-order valence-corrected chi connectivity index (χ2v) is 5.61. The normalized spacial score (nSPS) is 20.7. The van der Waals surface area contributed by atoms with Crippen LogP contribution >= 0.6 is 0 Å². The Morgan fingerprint density at radius 3 is 2.86 bits per heavy atom. The van der Waals surface area contributed by atoms with Gasteiger partial charge in [0.25, 0.3) is 0 Å². The van der Waals surface area contributed by atoms with E-state index in [1.807, 2.05) is 30.3 Å². The SMILES string of the molecule is COc1cccc(NC2(CO)CCCc3ccccc32)c1. The van der Waals surface area contributed by atoms with Crippen LogP contribution in [-0.2, 0) is 12.0 Å². The van der Waals surface area contributed by atoms with E-state index in [0.29, 0.717) is 0 Å². The maximum atomic E-state index is 10.1. The van der Waals surface area contributed by atoms with Gasteiger partial charge in [-0.25, -0.2) is 0 Å². The summed E-state index contributed by atoms with van der Waals surface area (Å²) in [6.07, 6.45) is 3.09. The molecule has 21 heavy (non-hydrogen) atoms. The number of anilines is 1. The summed E-state index contributed by atoms with van der Waals surface area (Å²) in [5.74, 6) is 0.817. The van der Waals surface area contributed by atoms with Gasteiger partial charge in [0, 0.05) is 11.8 Å². The van der Waals surface area contributed by atoms with Crippen LogP contribution in [-0.4, -0.2) is 18.8 Å². The minimum absolute atomic E-state index is 0.0845. The summed E-state index contributed by atoms with van der Waals surface area (Å²) in [4.78, 5) is 0. The van der Waals surface area contributed by atoms with Crippen LogP contribution in [0.25, 0.3) is 0 Å². The van der Waals surface area contributed by atoms with Gasteiger partial charge in [-0.2, -0.15) is 0 Å². The zero-order valence-electron chi connectivity index (χ0n) is 12.3. The third kappa shape index (κ3) is 2.61. The zero-order valence-corrected chi connectivity index (χ0v) is 12.3. The van der Waals surface area contributed by atoms with Gasteiger partial charge in [0.2, 0.25) is 0 Å². The maximum absolute atomic E-state index is 10.1. The third-order valence-electron chi connectivity index (χ3n) is 4.31. The molecule has 0 fully saturated rings. The van der Waals surface area contributed by atoms with E-state index in [4.69, 9.17) is 4.74 Å². The molecule has 0 amide bonds. The Kier molecular flexibility index (Phi) is 3.84. The quantitative estimate of drug-likeness (QED) is 0.904. The van der Waals surface area contributed by atoms with Gasteiger partial charge >= 0.3 is 0 Å². The Hall–Kier alpha value is -2.00. The molecule has 3 heteroatoms. The molecular weight excluding hydrogens is 262 g/mol. The molecule has 0 saturated carbocycles. The summed E-state index contributed by atoms with van der Waals surface area (Å²) >= 11 is 0. The number of ether oxygens (including phenoxy) is 1. The fourth-order valence-electron chi connectivity index (χ4n) is 3.23. The van der Waals surface area contributed by atoms with Crippen LogP contribution in [0.5, 0.6) is 5.75 Å². The lowest BCUT2D eigenvalue weighted by atomic mass is 9.77. The van der Waals surface area contributed by atoms with E-state index >= 15 is 0 Å². The largest absolute Gasteiger partial charge is 0.497 e. The highest BCUT2D eigenvalue weighted by molar-refractivity contribution is 5.53. The average Bonchev–Trinajstić information content (AvgIpc) is 2.55. The van der Waals surface area contributed by atoms with Crippen molar-refractivity contribution in [3.05, 3.63) is 59.7 Å². The summed E-state index contributed by atoms with van der Waals surface area (Å²) in [5.41, 5.74) is 3.11. The third-order valence-corrected chi connectivity index (χ3v) is 4.31. The first-order valence-electron chi connectivity index (χ1n) is 7.39. The predicted molar refractivity (Wildman–Crippen MR) is 84.8 cm³/mol. The van der Waals surface area contributed by atoms with Crippen LogP contribution in [0.2, 0.25) is 0 Å². The first kappa shape index (κ1) is 14.0. The molecule has 1 aliphatic rings. The molecule has 2 aromatic rings. The predicted octanol–water partition coefficient (Wildman–Crippen LogP) is 3.33. The molecule has 3 rings (SSSR count). The number of hydrogen-bond acceptors (Lipinski definition) is 3. The summed E-state index contributed by atoms with van der Waals surface area (Å²) in [7, 11) is 1.66. The lowest BCUT2D eigenvalue weighted by molar-refractivity contribution is 0.194. The molecule has 1 unspecified atom stereocenters. The van der Waals surface area contributed by atoms with E-state index in [0.717, 1.165) is 30.7 Å². The maximum Gasteiger partial charge on any atom is 0.120 e. The number of rotatable bonds is 4. The lowest BCUT2D eigenvalue weighted by Crippen LogP contribution is -2.42. The molecule has 2 N–H and O–H groups in total. The molecule has 0 saturated heterocycles. The van der Waals surface area contributed by atoms with E-state index in [9.17, 15) is 5.11 Å². The zero-order chi connectivity index (χ0) is 14.7. The second-order valence-electron chi connectivity index (χ2n) is 5.61. The van der Waals surface area contributed by atoms with Gasteiger partial charge in [-0.15, -0.1) is 0 Å². The first-order chi connectivity index (χ1) is 10.3. The number of nitrogens with one attached hydrogen (secondary N) is 1. The minimum Gasteiger partial charge on any atom is -0.497 e. The van der Waals surface area contributed by atoms with Crippen molar-refractivity contribution in [3.63, 3.8) is 0 Å². The molecule has 0 aromatic heterocycles. The number of aryl methyl sites for hydroxylation is 1. The topological polar surface area (TPSA) is 41.5 Å². The van der Waals surface area contributed by atoms with Crippen molar-refractivity contribution in [3.8, 4) is 5.75 Å². The first-order valence-corrected chi connectivity index (χ1v) is 7.39.